The molecule has 1 N–H and O–H groups in total. The van der Waals surface area contributed by atoms with Crippen molar-refractivity contribution in [1.29, 1.82) is 0 Å². The molecule has 0 bridgehead atoms. The van der Waals surface area contributed by atoms with E-state index in [1.54, 1.807) is 38.2 Å². The first-order valence-corrected chi connectivity index (χ1v) is 10.6. The Labute approximate surface area is 186 Å². The number of benzene rings is 1. The number of ether oxygens (including phenoxy) is 2. The van der Waals surface area contributed by atoms with Gasteiger partial charge >= 0.3 is 5.97 Å². The number of hydrogen-bond donors (Lipinski definition) is 1. The number of aliphatic carboxylic acids is 1. The van der Waals surface area contributed by atoms with E-state index in [-0.39, 0.29) is 11.5 Å². The Morgan fingerprint density at radius 3 is 2.41 bits per heavy atom. The minimum Gasteiger partial charge on any atom is -0.496 e. The lowest BCUT2D eigenvalue weighted by molar-refractivity contribution is -0.143. The van der Waals surface area contributed by atoms with Crippen LogP contribution >= 0.6 is 0 Å². The summed E-state index contributed by atoms with van der Waals surface area (Å²) in [5.74, 6) is 0.389. The van der Waals surface area contributed by atoms with Crippen molar-refractivity contribution < 1.29 is 19.4 Å². The molecule has 0 radical (unpaired) electrons. The van der Waals surface area contributed by atoms with E-state index in [1.165, 1.54) is 0 Å². The predicted molar refractivity (Wildman–Crippen MR) is 121 cm³/mol. The highest BCUT2D eigenvalue weighted by atomic mass is 16.5. The van der Waals surface area contributed by atoms with E-state index in [9.17, 15) is 14.7 Å². The highest BCUT2D eigenvalue weighted by Crippen LogP contribution is 2.38. The molecule has 1 aliphatic heterocycles. The minimum atomic E-state index is -0.719. The number of carboxylic acids is 1. The number of likely N-dealkylation sites (tertiary alicyclic amines) is 1. The molecular weight excluding hydrogens is 410 g/mol. The fourth-order valence-electron chi connectivity index (χ4n) is 4.40. The van der Waals surface area contributed by atoms with Gasteiger partial charge in [0.15, 0.2) is 0 Å². The molecule has 0 amide bonds. The second-order valence-corrected chi connectivity index (χ2v) is 8.13. The van der Waals surface area contributed by atoms with Crippen LogP contribution in [-0.2, 0) is 18.4 Å². The number of pyridine rings is 2. The van der Waals surface area contributed by atoms with Crippen molar-refractivity contribution in [2.75, 3.05) is 27.3 Å². The fourth-order valence-corrected chi connectivity index (χ4v) is 4.40. The van der Waals surface area contributed by atoms with Gasteiger partial charge in [-0.05, 0) is 55.1 Å². The molecule has 8 heteroatoms. The van der Waals surface area contributed by atoms with Crippen molar-refractivity contribution >= 4 is 16.7 Å². The number of nitrogens with zero attached hydrogens (tertiary/aromatic N) is 3. The van der Waals surface area contributed by atoms with Crippen LogP contribution in [0.15, 0.2) is 41.6 Å². The number of fused-ring (bicyclic) bond motifs is 1. The summed E-state index contributed by atoms with van der Waals surface area (Å²) in [7, 11) is 4.98. The number of piperidine rings is 1. The molecule has 0 aliphatic carbocycles. The molecule has 0 atom stereocenters. The van der Waals surface area contributed by atoms with E-state index in [0.717, 1.165) is 22.1 Å². The van der Waals surface area contributed by atoms with Gasteiger partial charge in [0.25, 0.3) is 5.56 Å². The van der Waals surface area contributed by atoms with Gasteiger partial charge in [-0.1, -0.05) is 0 Å². The number of methoxy groups -OCH3 is 2. The lowest BCUT2D eigenvalue weighted by Gasteiger charge is -2.31. The largest absolute Gasteiger partial charge is 0.496 e. The Morgan fingerprint density at radius 1 is 1.16 bits per heavy atom. The Hall–Kier alpha value is -3.39. The van der Waals surface area contributed by atoms with Crippen LogP contribution in [0.5, 0.6) is 11.5 Å². The van der Waals surface area contributed by atoms with Gasteiger partial charge in [-0.15, -0.1) is 0 Å². The average Bonchev–Trinajstić information content (AvgIpc) is 2.81. The van der Waals surface area contributed by atoms with E-state index < -0.39 is 5.97 Å². The van der Waals surface area contributed by atoms with Crippen LogP contribution in [0.25, 0.3) is 21.9 Å². The molecule has 1 aliphatic rings. The maximum atomic E-state index is 12.5. The van der Waals surface area contributed by atoms with Crippen LogP contribution in [0.3, 0.4) is 0 Å². The standard InChI is InChI=1S/C24H27N3O5/c1-26-13-19(17-4-7-25-12-18(17)23(26)28)16-10-21(31-2)20(22(11-16)32-3)14-27-8-5-15(6-9-27)24(29)30/h4,7,10-13,15H,5-6,8-9,14H2,1-3H3,(H,29,30). The number of aromatic nitrogens is 2. The third-order valence-electron chi connectivity index (χ3n) is 6.22. The smallest absolute Gasteiger partial charge is 0.306 e. The maximum absolute atomic E-state index is 12.5. The zero-order chi connectivity index (χ0) is 22.8. The van der Waals surface area contributed by atoms with Gasteiger partial charge in [0.2, 0.25) is 0 Å². The highest BCUT2D eigenvalue weighted by Gasteiger charge is 2.26. The molecule has 1 saturated heterocycles. The zero-order valence-electron chi connectivity index (χ0n) is 18.5. The monoisotopic (exact) mass is 437 g/mol. The van der Waals surface area contributed by atoms with Gasteiger partial charge in [0.1, 0.15) is 11.5 Å². The molecular formula is C24H27N3O5. The molecule has 3 heterocycles. The van der Waals surface area contributed by atoms with Crippen LogP contribution in [0, 0.1) is 5.92 Å². The topological polar surface area (TPSA) is 93.9 Å². The quantitative estimate of drug-likeness (QED) is 0.634. The van der Waals surface area contributed by atoms with Crippen molar-refractivity contribution in [3.63, 3.8) is 0 Å². The summed E-state index contributed by atoms with van der Waals surface area (Å²) in [4.78, 5) is 30.1. The number of carboxylic acid groups (broad SMARTS) is 1. The minimum absolute atomic E-state index is 0.0998. The Morgan fingerprint density at radius 2 is 1.81 bits per heavy atom. The van der Waals surface area contributed by atoms with E-state index in [1.807, 2.05) is 24.4 Å². The molecule has 0 unspecified atom stereocenters. The maximum Gasteiger partial charge on any atom is 0.306 e. The number of aryl methyl sites for hydroxylation is 1. The van der Waals surface area contributed by atoms with Crippen molar-refractivity contribution in [2.24, 2.45) is 13.0 Å². The van der Waals surface area contributed by atoms with Gasteiger partial charge < -0.3 is 19.1 Å². The Bertz CT molecular complexity index is 1190. The van der Waals surface area contributed by atoms with Gasteiger partial charge in [-0.3, -0.25) is 19.5 Å². The summed E-state index contributed by atoms with van der Waals surface area (Å²) in [5, 5.41) is 10.6. The number of carbonyl (C=O) groups is 1. The fraction of sp³-hybridized carbons (Fsp3) is 0.375. The van der Waals surface area contributed by atoms with E-state index >= 15 is 0 Å². The van der Waals surface area contributed by atoms with Crippen molar-refractivity contribution in [3.8, 4) is 22.6 Å². The summed E-state index contributed by atoms with van der Waals surface area (Å²) in [5.41, 5.74) is 2.58. The molecule has 32 heavy (non-hydrogen) atoms. The Balaban J connectivity index is 1.73. The van der Waals surface area contributed by atoms with Crippen LogP contribution in [0.2, 0.25) is 0 Å². The summed E-state index contributed by atoms with van der Waals surface area (Å²) in [6, 6.07) is 5.76. The zero-order valence-corrected chi connectivity index (χ0v) is 18.5. The molecule has 1 fully saturated rings. The van der Waals surface area contributed by atoms with E-state index in [2.05, 4.69) is 9.88 Å². The van der Waals surface area contributed by atoms with Crippen molar-refractivity contribution in [2.45, 2.75) is 19.4 Å². The van der Waals surface area contributed by atoms with Crippen molar-refractivity contribution in [1.82, 2.24) is 14.5 Å². The average molecular weight is 437 g/mol. The van der Waals surface area contributed by atoms with Gasteiger partial charge in [-0.25, -0.2) is 0 Å². The molecule has 0 saturated carbocycles. The van der Waals surface area contributed by atoms with Crippen LogP contribution in [0.4, 0.5) is 0 Å². The summed E-state index contributed by atoms with van der Waals surface area (Å²) in [6.07, 6.45) is 6.35. The summed E-state index contributed by atoms with van der Waals surface area (Å²) < 4.78 is 13.0. The first-order chi connectivity index (χ1) is 15.4. The SMILES string of the molecule is COc1cc(-c2cn(C)c(=O)c3cnccc23)cc(OC)c1CN1CCC(C(=O)O)CC1. The summed E-state index contributed by atoms with van der Waals surface area (Å²) in [6.45, 7) is 2.03. The molecule has 8 nitrogen and oxygen atoms in total. The van der Waals surface area contributed by atoms with Crippen molar-refractivity contribution in [3.05, 3.63) is 52.7 Å². The predicted octanol–water partition coefficient (Wildman–Crippen LogP) is 2.91. The number of hydrogen-bond acceptors (Lipinski definition) is 6. The molecule has 0 spiro atoms. The molecule has 1 aromatic carbocycles. The molecule has 2 aromatic heterocycles. The third-order valence-corrected chi connectivity index (χ3v) is 6.22. The van der Waals surface area contributed by atoms with Crippen LogP contribution in [-0.4, -0.2) is 52.8 Å². The second-order valence-electron chi connectivity index (χ2n) is 8.13. The normalized spacial score (nSPS) is 15.1. The summed E-state index contributed by atoms with van der Waals surface area (Å²) >= 11 is 0. The number of rotatable bonds is 6. The second kappa shape index (κ2) is 9.00. The van der Waals surface area contributed by atoms with Crippen LogP contribution in [0.1, 0.15) is 18.4 Å². The highest BCUT2D eigenvalue weighted by molar-refractivity contribution is 5.95. The van der Waals surface area contributed by atoms with Crippen LogP contribution < -0.4 is 15.0 Å². The van der Waals surface area contributed by atoms with E-state index in [4.69, 9.17) is 9.47 Å². The Kier molecular flexibility index (Phi) is 6.14. The lowest BCUT2D eigenvalue weighted by Crippen LogP contribution is -2.36. The molecule has 4 rings (SSSR count). The lowest BCUT2D eigenvalue weighted by atomic mass is 9.96. The van der Waals surface area contributed by atoms with Gasteiger partial charge in [0, 0.05) is 37.7 Å². The first kappa shape index (κ1) is 21.8. The molecule has 168 valence electrons. The third kappa shape index (κ3) is 4.05. The van der Waals surface area contributed by atoms with Gasteiger partial charge in [-0.2, -0.15) is 0 Å². The molecule has 3 aromatic rings. The van der Waals surface area contributed by atoms with Gasteiger partial charge in [0.05, 0.1) is 31.1 Å². The van der Waals surface area contributed by atoms with E-state index in [0.29, 0.717) is 49.4 Å². The first-order valence-electron chi connectivity index (χ1n) is 10.6.